The van der Waals surface area contributed by atoms with E-state index in [1.807, 2.05) is 0 Å². The number of hydrogen-bond acceptors (Lipinski definition) is 3. The van der Waals surface area contributed by atoms with Crippen LogP contribution < -0.4 is 15.8 Å². The zero-order valence-electron chi connectivity index (χ0n) is 11.0. The molecule has 0 fully saturated rings. The van der Waals surface area contributed by atoms with Gasteiger partial charge in [0.25, 0.3) is 5.91 Å². The summed E-state index contributed by atoms with van der Waals surface area (Å²) >= 11 is 5.98. The maximum absolute atomic E-state index is 12.0. The third-order valence-corrected chi connectivity index (χ3v) is 2.98. The molecule has 0 aliphatic rings. The highest BCUT2D eigenvalue weighted by atomic mass is 35.5. The fourth-order valence-corrected chi connectivity index (χ4v) is 1.82. The van der Waals surface area contributed by atoms with Gasteiger partial charge < -0.3 is 15.8 Å². The molecule has 0 radical (unpaired) electrons. The van der Waals surface area contributed by atoms with Gasteiger partial charge in [0, 0.05) is 11.4 Å². The highest BCUT2D eigenvalue weighted by Gasteiger charge is 2.16. The second-order valence-corrected chi connectivity index (χ2v) is 4.71. The molecule has 1 amide bonds. The Bertz CT molecular complexity index is 616. The Hall–Kier alpha value is -2.20. The molecule has 5 heteroatoms. The standard InChI is InChI=1S/C15H15ClN2O2/c1-10(20-14-8-3-2-7-13(14)16)15(19)18-12-6-4-5-11(17)9-12/h2-10H,17H2,1H3,(H,18,19). The SMILES string of the molecule is CC(Oc1ccccc1Cl)C(=O)Nc1cccc(N)c1. The Morgan fingerprint density at radius 2 is 2.00 bits per heavy atom. The average Bonchev–Trinajstić information content (AvgIpc) is 2.41. The summed E-state index contributed by atoms with van der Waals surface area (Å²) in [6, 6.07) is 14.0. The Kier molecular flexibility index (Phi) is 4.48. The molecule has 0 saturated carbocycles. The van der Waals surface area contributed by atoms with Gasteiger partial charge in [-0.1, -0.05) is 29.8 Å². The Balaban J connectivity index is 2.01. The predicted octanol–water partition coefficient (Wildman–Crippen LogP) is 3.33. The molecule has 0 heterocycles. The van der Waals surface area contributed by atoms with E-state index in [1.54, 1.807) is 55.5 Å². The number of nitrogen functional groups attached to an aromatic ring is 1. The van der Waals surface area contributed by atoms with Crippen LogP contribution in [0.5, 0.6) is 5.75 Å². The van der Waals surface area contributed by atoms with Crippen molar-refractivity contribution in [3.8, 4) is 5.75 Å². The van der Waals surface area contributed by atoms with Crippen molar-refractivity contribution < 1.29 is 9.53 Å². The first-order chi connectivity index (χ1) is 9.56. The van der Waals surface area contributed by atoms with Crippen LogP contribution in [0, 0.1) is 0 Å². The van der Waals surface area contributed by atoms with Crippen LogP contribution in [0.25, 0.3) is 0 Å². The number of anilines is 2. The summed E-state index contributed by atoms with van der Waals surface area (Å²) in [5, 5.41) is 3.20. The van der Waals surface area contributed by atoms with Crippen LogP contribution in [0.1, 0.15) is 6.92 Å². The Labute approximate surface area is 122 Å². The van der Waals surface area contributed by atoms with Crippen molar-refractivity contribution in [1.29, 1.82) is 0 Å². The first kappa shape index (κ1) is 14.2. The monoisotopic (exact) mass is 290 g/mol. The second kappa shape index (κ2) is 6.30. The molecule has 0 spiro atoms. The van der Waals surface area contributed by atoms with Gasteiger partial charge in [-0.3, -0.25) is 4.79 Å². The van der Waals surface area contributed by atoms with Crippen molar-refractivity contribution in [2.24, 2.45) is 0 Å². The summed E-state index contributed by atoms with van der Waals surface area (Å²) in [6.07, 6.45) is -0.670. The van der Waals surface area contributed by atoms with Crippen LogP contribution in [0.3, 0.4) is 0 Å². The number of carbonyl (C=O) groups excluding carboxylic acids is 1. The minimum absolute atomic E-state index is 0.268. The van der Waals surface area contributed by atoms with Gasteiger partial charge in [-0.15, -0.1) is 0 Å². The predicted molar refractivity (Wildman–Crippen MR) is 81.0 cm³/mol. The van der Waals surface area contributed by atoms with Crippen LogP contribution >= 0.6 is 11.6 Å². The Morgan fingerprint density at radius 3 is 2.70 bits per heavy atom. The normalized spacial score (nSPS) is 11.7. The summed E-state index contributed by atoms with van der Waals surface area (Å²) in [7, 11) is 0. The average molecular weight is 291 g/mol. The molecular formula is C15H15ClN2O2. The van der Waals surface area contributed by atoms with Crippen molar-refractivity contribution in [3.63, 3.8) is 0 Å². The van der Waals surface area contributed by atoms with Gasteiger partial charge in [0.15, 0.2) is 6.10 Å². The molecule has 1 unspecified atom stereocenters. The minimum atomic E-state index is -0.670. The van der Waals surface area contributed by atoms with E-state index in [-0.39, 0.29) is 5.91 Å². The van der Waals surface area contributed by atoms with E-state index >= 15 is 0 Å². The quantitative estimate of drug-likeness (QED) is 0.849. The lowest BCUT2D eigenvalue weighted by molar-refractivity contribution is -0.122. The van der Waals surface area contributed by atoms with Crippen LogP contribution in [-0.2, 0) is 4.79 Å². The fraction of sp³-hybridized carbons (Fsp3) is 0.133. The third-order valence-electron chi connectivity index (χ3n) is 2.66. The van der Waals surface area contributed by atoms with Gasteiger partial charge in [0.1, 0.15) is 5.75 Å². The number of para-hydroxylation sites is 1. The van der Waals surface area contributed by atoms with Crippen LogP contribution in [0.4, 0.5) is 11.4 Å². The zero-order chi connectivity index (χ0) is 14.5. The van der Waals surface area contributed by atoms with E-state index in [0.29, 0.717) is 22.1 Å². The molecule has 0 aromatic heterocycles. The summed E-state index contributed by atoms with van der Waals surface area (Å²) < 4.78 is 5.53. The van der Waals surface area contributed by atoms with Crippen LogP contribution in [0.15, 0.2) is 48.5 Å². The van der Waals surface area contributed by atoms with Crippen LogP contribution in [0.2, 0.25) is 5.02 Å². The fourth-order valence-electron chi connectivity index (χ4n) is 1.64. The highest BCUT2D eigenvalue weighted by Crippen LogP contribution is 2.24. The van der Waals surface area contributed by atoms with Crippen molar-refractivity contribution >= 4 is 28.9 Å². The lowest BCUT2D eigenvalue weighted by Gasteiger charge is -2.15. The number of nitrogens with two attached hydrogens (primary N) is 1. The summed E-state index contributed by atoms with van der Waals surface area (Å²) in [4.78, 5) is 12.0. The molecule has 2 rings (SSSR count). The molecule has 104 valence electrons. The van der Waals surface area contributed by atoms with E-state index in [4.69, 9.17) is 22.1 Å². The van der Waals surface area contributed by atoms with Crippen molar-refractivity contribution in [2.75, 3.05) is 11.1 Å². The van der Waals surface area contributed by atoms with Gasteiger partial charge >= 0.3 is 0 Å². The van der Waals surface area contributed by atoms with E-state index in [1.165, 1.54) is 0 Å². The van der Waals surface area contributed by atoms with E-state index in [9.17, 15) is 4.79 Å². The van der Waals surface area contributed by atoms with Gasteiger partial charge in [-0.2, -0.15) is 0 Å². The van der Waals surface area contributed by atoms with Crippen molar-refractivity contribution in [3.05, 3.63) is 53.6 Å². The first-order valence-corrected chi connectivity index (χ1v) is 6.51. The minimum Gasteiger partial charge on any atom is -0.479 e. The highest BCUT2D eigenvalue weighted by molar-refractivity contribution is 6.32. The maximum atomic E-state index is 12.0. The third kappa shape index (κ3) is 3.65. The molecule has 2 aromatic carbocycles. The molecule has 4 nitrogen and oxygen atoms in total. The number of hydrogen-bond donors (Lipinski definition) is 2. The number of amides is 1. The molecule has 0 bridgehead atoms. The zero-order valence-corrected chi connectivity index (χ0v) is 11.7. The topological polar surface area (TPSA) is 64.3 Å². The lowest BCUT2D eigenvalue weighted by atomic mass is 10.2. The molecule has 2 aromatic rings. The van der Waals surface area contributed by atoms with E-state index in [2.05, 4.69) is 5.32 Å². The number of carbonyl (C=O) groups is 1. The number of rotatable bonds is 4. The molecule has 0 aliphatic carbocycles. The molecule has 0 saturated heterocycles. The number of halogens is 1. The van der Waals surface area contributed by atoms with Crippen LogP contribution in [-0.4, -0.2) is 12.0 Å². The summed E-state index contributed by atoms with van der Waals surface area (Å²) in [5.41, 5.74) is 6.87. The first-order valence-electron chi connectivity index (χ1n) is 6.14. The van der Waals surface area contributed by atoms with E-state index in [0.717, 1.165) is 0 Å². The largest absolute Gasteiger partial charge is 0.479 e. The smallest absolute Gasteiger partial charge is 0.265 e. The molecular weight excluding hydrogens is 276 g/mol. The number of ether oxygens (including phenoxy) is 1. The number of benzene rings is 2. The number of nitrogens with one attached hydrogen (secondary N) is 1. The lowest BCUT2D eigenvalue weighted by Crippen LogP contribution is -2.30. The van der Waals surface area contributed by atoms with Gasteiger partial charge in [0.2, 0.25) is 0 Å². The Morgan fingerprint density at radius 1 is 1.25 bits per heavy atom. The van der Waals surface area contributed by atoms with Gasteiger partial charge in [-0.25, -0.2) is 0 Å². The molecule has 0 aliphatic heterocycles. The maximum Gasteiger partial charge on any atom is 0.265 e. The second-order valence-electron chi connectivity index (χ2n) is 4.31. The van der Waals surface area contributed by atoms with Crippen molar-refractivity contribution in [1.82, 2.24) is 0 Å². The summed E-state index contributed by atoms with van der Waals surface area (Å²) in [6.45, 7) is 1.66. The molecule has 20 heavy (non-hydrogen) atoms. The summed E-state index contributed by atoms with van der Waals surface area (Å²) in [5.74, 6) is 0.208. The van der Waals surface area contributed by atoms with Crippen molar-refractivity contribution in [2.45, 2.75) is 13.0 Å². The molecule has 1 atom stereocenters. The van der Waals surface area contributed by atoms with Gasteiger partial charge in [0.05, 0.1) is 5.02 Å². The molecule has 3 N–H and O–H groups in total. The van der Waals surface area contributed by atoms with E-state index < -0.39 is 6.10 Å². The van der Waals surface area contributed by atoms with Gasteiger partial charge in [-0.05, 0) is 37.3 Å².